The van der Waals surface area contributed by atoms with Crippen LogP contribution in [-0.4, -0.2) is 47.2 Å². The van der Waals surface area contributed by atoms with Gasteiger partial charge in [0.2, 0.25) is 0 Å². The highest BCUT2D eigenvalue weighted by atomic mass is 19.4. The number of piperazine rings is 1. The zero-order valence-electron chi connectivity index (χ0n) is 14.4. The molecule has 1 amide bonds. The Balaban J connectivity index is 1.64. The first-order valence-corrected chi connectivity index (χ1v) is 8.45. The van der Waals surface area contributed by atoms with Crippen molar-refractivity contribution in [3.05, 3.63) is 59.7 Å². The van der Waals surface area contributed by atoms with Crippen LogP contribution in [0.3, 0.4) is 0 Å². The summed E-state index contributed by atoms with van der Waals surface area (Å²) in [4.78, 5) is 14.5. The van der Waals surface area contributed by atoms with E-state index in [1.807, 2.05) is 6.07 Å². The number of rotatable bonds is 4. The fourth-order valence-corrected chi connectivity index (χ4v) is 2.93. The second-order valence-electron chi connectivity index (χ2n) is 6.32. The summed E-state index contributed by atoms with van der Waals surface area (Å²) in [5.41, 5.74) is 0.190. The lowest BCUT2D eigenvalue weighted by Gasteiger charge is -2.33. The maximum atomic E-state index is 12.8. The largest absolute Gasteiger partial charge is 0.465 e. The summed E-state index contributed by atoms with van der Waals surface area (Å²) in [5, 5.41) is 8.98. The van der Waals surface area contributed by atoms with E-state index in [-0.39, 0.29) is 5.75 Å². The number of carbonyl (C=O) groups is 1. The van der Waals surface area contributed by atoms with Gasteiger partial charge >= 0.3 is 12.3 Å². The van der Waals surface area contributed by atoms with Crippen molar-refractivity contribution < 1.29 is 27.8 Å². The van der Waals surface area contributed by atoms with E-state index < -0.39 is 17.8 Å². The van der Waals surface area contributed by atoms with Crippen molar-refractivity contribution in [3.8, 4) is 11.5 Å². The predicted molar refractivity (Wildman–Crippen MR) is 92.8 cm³/mol. The number of hydrogen-bond acceptors (Lipinski definition) is 3. The third-order valence-electron chi connectivity index (χ3n) is 4.34. The number of halogens is 3. The Morgan fingerprint density at radius 2 is 1.63 bits per heavy atom. The molecule has 1 aliphatic heterocycles. The zero-order chi connectivity index (χ0) is 19.4. The molecule has 0 spiro atoms. The van der Waals surface area contributed by atoms with Crippen LogP contribution in [0.2, 0.25) is 0 Å². The maximum Gasteiger partial charge on any atom is 0.416 e. The van der Waals surface area contributed by atoms with Gasteiger partial charge in [-0.25, -0.2) is 4.79 Å². The minimum Gasteiger partial charge on any atom is -0.465 e. The smallest absolute Gasteiger partial charge is 0.416 e. The fraction of sp³-hybridized carbons (Fsp3) is 0.316. The maximum absolute atomic E-state index is 12.8. The number of benzene rings is 2. The topological polar surface area (TPSA) is 53.0 Å². The number of amides is 1. The second kappa shape index (κ2) is 7.87. The Labute approximate surface area is 154 Å². The van der Waals surface area contributed by atoms with Crippen molar-refractivity contribution in [2.75, 3.05) is 26.2 Å². The van der Waals surface area contributed by atoms with Crippen LogP contribution >= 0.6 is 0 Å². The standard InChI is InChI=1S/C19H19F3N2O3/c20-19(21,22)15-4-2-6-17(12-15)27-16-5-1-3-14(11-16)13-23-7-9-24(10-8-23)18(25)26/h1-6,11-12H,7-10,13H2,(H,25,26). The van der Waals surface area contributed by atoms with Crippen molar-refractivity contribution in [2.24, 2.45) is 0 Å². The molecule has 1 fully saturated rings. The van der Waals surface area contributed by atoms with Crippen LogP contribution in [0.4, 0.5) is 18.0 Å². The molecule has 0 radical (unpaired) electrons. The van der Waals surface area contributed by atoms with E-state index in [0.29, 0.717) is 38.5 Å². The average molecular weight is 380 g/mol. The number of nitrogens with zero attached hydrogens (tertiary/aromatic N) is 2. The van der Waals surface area contributed by atoms with E-state index in [0.717, 1.165) is 17.7 Å². The average Bonchev–Trinajstić information content (AvgIpc) is 2.62. The van der Waals surface area contributed by atoms with Gasteiger partial charge in [0.15, 0.2) is 0 Å². The highest BCUT2D eigenvalue weighted by molar-refractivity contribution is 5.65. The molecule has 3 rings (SSSR count). The van der Waals surface area contributed by atoms with Crippen LogP contribution in [0.15, 0.2) is 48.5 Å². The molecule has 1 aliphatic rings. The van der Waals surface area contributed by atoms with E-state index >= 15 is 0 Å². The van der Waals surface area contributed by atoms with Crippen molar-refractivity contribution in [2.45, 2.75) is 12.7 Å². The first kappa shape index (κ1) is 19.0. The summed E-state index contributed by atoms with van der Waals surface area (Å²) in [6.07, 6.45) is -5.33. The van der Waals surface area contributed by atoms with E-state index in [4.69, 9.17) is 9.84 Å². The fourth-order valence-electron chi connectivity index (χ4n) is 2.93. The third-order valence-corrected chi connectivity index (χ3v) is 4.34. The van der Waals surface area contributed by atoms with Crippen LogP contribution < -0.4 is 4.74 Å². The summed E-state index contributed by atoms with van der Waals surface area (Å²) < 4.78 is 44.0. The van der Waals surface area contributed by atoms with E-state index in [2.05, 4.69) is 4.90 Å². The van der Waals surface area contributed by atoms with Crippen LogP contribution in [-0.2, 0) is 12.7 Å². The number of hydrogen-bond donors (Lipinski definition) is 1. The zero-order valence-corrected chi connectivity index (χ0v) is 14.4. The molecule has 1 N–H and O–H groups in total. The molecular formula is C19H19F3N2O3. The first-order valence-electron chi connectivity index (χ1n) is 8.45. The summed E-state index contributed by atoms with van der Waals surface area (Å²) in [6.45, 7) is 2.79. The molecule has 2 aromatic rings. The van der Waals surface area contributed by atoms with Gasteiger partial charge in [0, 0.05) is 32.7 Å². The van der Waals surface area contributed by atoms with E-state index in [1.165, 1.54) is 17.0 Å². The molecule has 0 aliphatic carbocycles. The molecule has 0 bridgehead atoms. The molecule has 1 heterocycles. The summed E-state index contributed by atoms with van der Waals surface area (Å²) >= 11 is 0. The Morgan fingerprint density at radius 1 is 1.00 bits per heavy atom. The predicted octanol–water partition coefficient (Wildman–Crippen LogP) is 4.29. The van der Waals surface area contributed by atoms with E-state index in [1.54, 1.807) is 18.2 Å². The Kier molecular flexibility index (Phi) is 5.55. The van der Waals surface area contributed by atoms with Crippen LogP contribution in [0.25, 0.3) is 0 Å². The van der Waals surface area contributed by atoms with Gasteiger partial charge in [-0.1, -0.05) is 18.2 Å². The van der Waals surface area contributed by atoms with Gasteiger partial charge in [0.05, 0.1) is 5.56 Å². The first-order chi connectivity index (χ1) is 12.8. The highest BCUT2D eigenvalue weighted by Crippen LogP contribution is 2.32. The summed E-state index contributed by atoms with van der Waals surface area (Å²) in [6, 6.07) is 11.9. The molecular weight excluding hydrogens is 361 g/mol. The molecule has 0 unspecified atom stereocenters. The third kappa shape index (κ3) is 5.13. The van der Waals surface area contributed by atoms with Gasteiger partial charge in [0.1, 0.15) is 11.5 Å². The summed E-state index contributed by atoms with van der Waals surface area (Å²) in [5.74, 6) is 0.577. The minimum absolute atomic E-state index is 0.122. The highest BCUT2D eigenvalue weighted by Gasteiger charge is 2.30. The van der Waals surface area contributed by atoms with Gasteiger partial charge in [-0.3, -0.25) is 4.90 Å². The minimum atomic E-state index is -4.42. The van der Waals surface area contributed by atoms with Gasteiger partial charge in [-0.15, -0.1) is 0 Å². The lowest BCUT2D eigenvalue weighted by atomic mass is 10.2. The van der Waals surface area contributed by atoms with Crippen molar-refractivity contribution in [1.82, 2.24) is 9.80 Å². The Morgan fingerprint density at radius 3 is 2.26 bits per heavy atom. The van der Waals surface area contributed by atoms with Crippen LogP contribution in [0.5, 0.6) is 11.5 Å². The van der Waals surface area contributed by atoms with Crippen molar-refractivity contribution in [3.63, 3.8) is 0 Å². The summed E-state index contributed by atoms with van der Waals surface area (Å²) in [7, 11) is 0. The van der Waals surface area contributed by atoms with Gasteiger partial charge < -0.3 is 14.7 Å². The molecule has 0 saturated carbocycles. The van der Waals surface area contributed by atoms with Crippen molar-refractivity contribution >= 4 is 6.09 Å². The molecule has 1 saturated heterocycles. The molecule has 2 aromatic carbocycles. The Hall–Kier alpha value is -2.74. The van der Waals surface area contributed by atoms with Crippen LogP contribution in [0.1, 0.15) is 11.1 Å². The number of carboxylic acid groups (broad SMARTS) is 1. The van der Waals surface area contributed by atoms with Gasteiger partial charge in [-0.05, 0) is 35.9 Å². The molecule has 144 valence electrons. The Bertz CT molecular complexity index is 803. The second-order valence-corrected chi connectivity index (χ2v) is 6.32. The molecule has 0 atom stereocenters. The lowest BCUT2D eigenvalue weighted by molar-refractivity contribution is -0.137. The number of ether oxygens (including phenoxy) is 1. The monoisotopic (exact) mass is 380 g/mol. The number of alkyl halides is 3. The lowest BCUT2D eigenvalue weighted by Crippen LogP contribution is -2.47. The molecule has 5 nitrogen and oxygen atoms in total. The molecule has 0 aromatic heterocycles. The van der Waals surface area contributed by atoms with E-state index in [9.17, 15) is 18.0 Å². The SMILES string of the molecule is O=C(O)N1CCN(Cc2cccc(Oc3cccc(C(F)(F)F)c3)c2)CC1. The normalized spacial score (nSPS) is 15.6. The quantitative estimate of drug-likeness (QED) is 0.860. The molecule has 27 heavy (non-hydrogen) atoms. The van der Waals surface area contributed by atoms with Gasteiger partial charge in [0.25, 0.3) is 0 Å². The van der Waals surface area contributed by atoms with Crippen molar-refractivity contribution in [1.29, 1.82) is 0 Å². The van der Waals surface area contributed by atoms with Gasteiger partial charge in [-0.2, -0.15) is 13.2 Å². The van der Waals surface area contributed by atoms with Crippen LogP contribution in [0, 0.1) is 0 Å². The molecule has 8 heteroatoms.